The zero-order valence-corrected chi connectivity index (χ0v) is 20.6. The van der Waals surface area contributed by atoms with Crippen molar-refractivity contribution in [2.75, 3.05) is 21.3 Å². The second kappa shape index (κ2) is 10.5. The Bertz CT molecular complexity index is 1230. The van der Waals surface area contributed by atoms with Gasteiger partial charge >= 0.3 is 11.6 Å². The number of carbonyl (C=O) groups is 1. The molecule has 0 saturated heterocycles. The third kappa shape index (κ3) is 5.11. The minimum atomic E-state index is -0.479. The Kier molecular flexibility index (Phi) is 7.71. The minimum absolute atomic E-state index is 0.0239. The summed E-state index contributed by atoms with van der Waals surface area (Å²) in [5.41, 5.74) is 2.41. The first-order chi connectivity index (χ1) is 16.2. The molecular formula is C26H30O8. The molecule has 0 atom stereocenters. The first kappa shape index (κ1) is 25.0. The van der Waals surface area contributed by atoms with Crippen LogP contribution in [0.4, 0.5) is 0 Å². The summed E-state index contributed by atoms with van der Waals surface area (Å²) in [6.07, 6.45) is -0.145. The van der Waals surface area contributed by atoms with Crippen molar-refractivity contribution in [1.29, 1.82) is 0 Å². The Balaban J connectivity index is 1.91. The van der Waals surface area contributed by atoms with Crippen molar-refractivity contribution in [2.24, 2.45) is 0 Å². The van der Waals surface area contributed by atoms with Gasteiger partial charge in [0.25, 0.3) is 0 Å². The smallest absolute Gasteiger partial charge is 0.339 e. The van der Waals surface area contributed by atoms with Crippen LogP contribution in [0.2, 0.25) is 0 Å². The minimum Gasteiger partial charge on any atom is -0.493 e. The van der Waals surface area contributed by atoms with Crippen LogP contribution in [-0.2, 0) is 22.6 Å². The summed E-state index contributed by atoms with van der Waals surface area (Å²) in [5, 5.41) is 0.767. The van der Waals surface area contributed by atoms with E-state index >= 15 is 0 Å². The number of rotatable bonds is 9. The van der Waals surface area contributed by atoms with E-state index in [0.29, 0.717) is 45.3 Å². The molecule has 0 aliphatic carbocycles. The Labute approximate surface area is 198 Å². The highest BCUT2D eigenvalue weighted by Crippen LogP contribution is 2.38. The molecule has 0 bridgehead atoms. The van der Waals surface area contributed by atoms with Crippen molar-refractivity contribution in [2.45, 2.75) is 46.8 Å². The maximum atomic E-state index is 12.7. The van der Waals surface area contributed by atoms with Crippen molar-refractivity contribution in [3.8, 4) is 23.0 Å². The van der Waals surface area contributed by atoms with Crippen LogP contribution in [0.5, 0.6) is 23.0 Å². The van der Waals surface area contributed by atoms with E-state index < -0.39 is 11.6 Å². The van der Waals surface area contributed by atoms with Crippen LogP contribution >= 0.6 is 0 Å². The normalized spacial score (nSPS) is 10.9. The van der Waals surface area contributed by atoms with Gasteiger partial charge in [0, 0.05) is 10.9 Å². The monoisotopic (exact) mass is 470 g/mol. The fraction of sp³-hybridized carbons (Fsp3) is 0.385. The number of aryl methyl sites for hydroxylation is 1. The third-order valence-electron chi connectivity index (χ3n) is 5.50. The molecule has 1 aromatic heterocycles. The molecule has 182 valence electrons. The Morgan fingerprint density at radius 3 is 2.15 bits per heavy atom. The number of carbonyl (C=O) groups excluding carboxylic acids is 1. The maximum Gasteiger partial charge on any atom is 0.339 e. The van der Waals surface area contributed by atoms with Crippen molar-refractivity contribution >= 4 is 16.9 Å². The average molecular weight is 471 g/mol. The zero-order valence-electron chi connectivity index (χ0n) is 20.6. The molecule has 34 heavy (non-hydrogen) atoms. The summed E-state index contributed by atoms with van der Waals surface area (Å²) in [6.45, 7) is 7.24. The van der Waals surface area contributed by atoms with Gasteiger partial charge in [0.1, 0.15) is 17.9 Å². The van der Waals surface area contributed by atoms with E-state index in [-0.39, 0.29) is 19.1 Å². The van der Waals surface area contributed by atoms with Gasteiger partial charge in [0.15, 0.2) is 11.5 Å². The lowest BCUT2D eigenvalue weighted by Gasteiger charge is -2.17. The van der Waals surface area contributed by atoms with Gasteiger partial charge in [-0.1, -0.05) is 0 Å². The highest BCUT2D eigenvalue weighted by Gasteiger charge is 2.19. The fourth-order valence-electron chi connectivity index (χ4n) is 3.65. The van der Waals surface area contributed by atoms with E-state index in [2.05, 4.69) is 0 Å². The van der Waals surface area contributed by atoms with Crippen LogP contribution in [0.15, 0.2) is 33.5 Å². The van der Waals surface area contributed by atoms with Gasteiger partial charge in [-0.2, -0.15) is 0 Å². The lowest BCUT2D eigenvalue weighted by atomic mass is 10.0. The molecule has 0 radical (unpaired) electrons. The molecule has 8 heteroatoms. The Hall–Kier alpha value is -3.68. The van der Waals surface area contributed by atoms with Crippen LogP contribution in [0.1, 0.15) is 36.1 Å². The quantitative estimate of drug-likeness (QED) is 0.333. The topological polar surface area (TPSA) is 93.4 Å². The second-order valence-corrected chi connectivity index (χ2v) is 8.10. The average Bonchev–Trinajstić information content (AvgIpc) is 2.80. The first-order valence-corrected chi connectivity index (χ1v) is 10.9. The van der Waals surface area contributed by atoms with Crippen molar-refractivity contribution in [3.05, 3.63) is 56.9 Å². The van der Waals surface area contributed by atoms with Crippen LogP contribution in [0, 0.1) is 13.8 Å². The number of hydrogen-bond acceptors (Lipinski definition) is 8. The van der Waals surface area contributed by atoms with Crippen molar-refractivity contribution < 1.29 is 32.9 Å². The molecule has 0 unspecified atom stereocenters. The Morgan fingerprint density at radius 2 is 1.59 bits per heavy atom. The summed E-state index contributed by atoms with van der Waals surface area (Å²) < 4.78 is 33.1. The summed E-state index contributed by atoms with van der Waals surface area (Å²) >= 11 is 0. The number of fused-ring (bicyclic) bond motifs is 1. The molecule has 3 aromatic rings. The SMILES string of the molecule is COc1cc(CC(=O)OCc2c(OC(C)C)ccc3c(C)c(C)c(=O)oc23)cc(OC)c1OC. The number of benzene rings is 2. The first-order valence-electron chi connectivity index (χ1n) is 10.9. The van der Waals surface area contributed by atoms with Crippen LogP contribution in [0.3, 0.4) is 0 Å². The van der Waals surface area contributed by atoms with Crippen molar-refractivity contribution in [1.82, 2.24) is 0 Å². The van der Waals surface area contributed by atoms with Gasteiger partial charge in [-0.05, 0) is 63.1 Å². The van der Waals surface area contributed by atoms with E-state index in [9.17, 15) is 9.59 Å². The maximum absolute atomic E-state index is 12.7. The summed E-state index contributed by atoms with van der Waals surface area (Å²) in [5.74, 6) is 1.34. The molecule has 0 N–H and O–H groups in total. The number of ether oxygens (including phenoxy) is 5. The molecule has 0 fully saturated rings. The lowest BCUT2D eigenvalue weighted by Crippen LogP contribution is -2.13. The lowest BCUT2D eigenvalue weighted by molar-refractivity contribution is -0.144. The van der Waals surface area contributed by atoms with Crippen molar-refractivity contribution in [3.63, 3.8) is 0 Å². The van der Waals surface area contributed by atoms with Gasteiger partial charge in [-0.3, -0.25) is 4.79 Å². The van der Waals surface area contributed by atoms with E-state index in [1.807, 2.05) is 26.8 Å². The summed E-state index contributed by atoms with van der Waals surface area (Å²) in [6, 6.07) is 7.04. The predicted molar refractivity (Wildman–Crippen MR) is 127 cm³/mol. The molecule has 1 heterocycles. The van der Waals surface area contributed by atoms with Crippen LogP contribution < -0.4 is 24.6 Å². The molecule has 0 aliphatic rings. The van der Waals surface area contributed by atoms with Gasteiger partial charge in [-0.25, -0.2) is 4.79 Å². The summed E-state index contributed by atoms with van der Waals surface area (Å²) in [7, 11) is 4.53. The molecule has 0 amide bonds. The van der Waals surface area contributed by atoms with E-state index in [4.69, 9.17) is 28.1 Å². The fourth-order valence-corrected chi connectivity index (χ4v) is 3.65. The van der Waals surface area contributed by atoms with E-state index in [1.54, 1.807) is 25.1 Å². The van der Waals surface area contributed by atoms with E-state index in [1.165, 1.54) is 21.3 Å². The standard InChI is InChI=1S/C26H30O8/c1-14(2)33-20-9-8-18-15(3)16(4)26(28)34-24(18)19(20)13-32-23(27)12-17-10-21(29-5)25(31-7)22(11-17)30-6/h8-11,14H,12-13H2,1-7H3. The van der Waals surface area contributed by atoms with Gasteiger partial charge in [-0.15, -0.1) is 0 Å². The third-order valence-corrected chi connectivity index (χ3v) is 5.50. The van der Waals surface area contributed by atoms with E-state index in [0.717, 1.165) is 10.9 Å². The molecule has 0 aliphatic heterocycles. The van der Waals surface area contributed by atoms with Crippen LogP contribution in [0.25, 0.3) is 11.0 Å². The van der Waals surface area contributed by atoms with Gasteiger partial charge < -0.3 is 28.1 Å². The highest BCUT2D eigenvalue weighted by molar-refractivity contribution is 5.86. The molecular weight excluding hydrogens is 440 g/mol. The van der Waals surface area contributed by atoms with Gasteiger partial charge in [0.2, 0.25) is 5.75 Å². The molecule has 3 rings (SSSR count). The van der Waals surface area contributed by atoms with Gasteiger partial charge in [0.05, 0.1) is 39.4 Å². The number of hydrogen-bond donors (Lipinski definition) is 0. The molecule has 0 spiro atoms. The zero-order chi connectivity index (χ0) is 25.0. The Morgan fingerprint density at radius 1 is 0.941 bits per heavy atom. The number of methoxy groups -OCH3 is 3. The molecule has 2 aromatic carbocycles. The predicted octanol–water partition coefficient (Wildman–Crippen LogP) is 4.51. The largest absolute Gasteiger partial charge is 0.493 e. The highest BCUT2D eigenvalue weighted by atomic mass is 16.5. The second-order valence-electron chi connectivity index (χ2n) is 8.10. The molecule has 0 saturated carbocycles. The molecule has 8 nitrogen and oxygen atoms in total. The number of esters is 1. The summed E-state index contributed by atoms with van der Waals surface area (Å²) in [4.78, 5) is 25.1. The van der Waals surface area contributed by atoms with Crippen LogP contribution in [-0.4, -0.2) is 33.4 Å².